The zero-order valence-electron chi connectivity index (χ0n) is 34.4. The lowest BCUT2D eigenvalue weighted by Crippen LogP contribution is -2.61. The van der Waals surface area contributed by atoms with Crippen molar-refractivity contribution in [2.24, 2.45) is 0 Å². The average Bonchev–Trinajstić information content (AvgIpc) is 3.15. The summed E-state index contributed by atoms with van der Waals surface area (Å²) in [7, 11) is -5.10. The van der Waals surface area contributed by atoms with Crippen molar-refractivity contribution in [1.29, 1.82) is 0 Å². The Balaban J connectivity index is 2.49. The first kappa shape index (κ1) is 52.1. The van der Waals surface area contributed by atoms with Gasteiger partial charge in [0.15, 0.2) is 6.29 Å². The molecule has 0 radical (unpaired) electrons. The summed E-state index contributed by atoms with van der Waals surface area (Å²) in [5.41, 5.74) is 0. The third kappa shape index (κ3) is 25.9. The van der Waals surface area contributed by atoms with E-state index >= 15 is 0 Å². The Morgan fingerprint density at radius 1 is 0.655 bits per heavy atom. The summed E-state index contributed by atoms with van der Waals surface area (Å²) in [6.07, 6.45) is 20.4. The molecule has 1 rings (SSSR count). The van der Waals surface area contributed by atoms with Crippen molar-refractivity contribution >= 4 is 16.3 Å². The van der Waals surface area contributed by atoms with Crippen molar-refractivity contribution in [3.8, 4) is 0 Å². The molecule has 328 valence electrons. The highest BCUT2D eigenvalue weighted by molar-refractivity contribution is 7.80. The van der Waals surface area contributed by atoms with Crippen LogP contribution in [0.15, 0.2) is 0 Å². The van der Waals surface area contributed by atoms with Gasteiger partial charge < -0.3 is 40.3 Å². The number of aliphatic hydroxyl groups is 5. The molecule has 1 aliphatic rings. The molecule has 1 saturated heterocycles. The summed E-state index contributed by atoms with van der Waals surface area (Å²) in [4.78, 5) is 13.0. The van der Waals surface area contributed by atoms with E-state index in [4.69, 9.17) is 14.0 Å². The SMILES string of the molecule is CCCCCCCCCCCCCCCCCCCCC(O)C(=O)NC(COC1OC(CO)C(O)C(OS(=O)(=O)O)C1O)C(O)CCCCCCCCCC. The Morgan fingerprint density at radius 2 is 1.05 bits per heavy atom. The van der Waals surface area contributed by atoms with Crippen molar-refractivity contribution < 1.29 is 57.0 Å². The molecule has 8 unspecified atom stereocenters. The van der Waals surface area contributed by atoms with E-state index in [1.807, 2.05) is 0 Å². The molecule has 0 aromatic carbocycles. The van der Waals surface area contributed by atoms with Crippen molar-refractivity contribution in [3.05, 3.63) is 0 Å². The van der Waals surface area contributed by atoms with Gasteiger partial charge in [-0.15, -0.1) is 0 Å². The van der Waals surface area contributed by atoms with Crippen LogP contribution in [0.25, 0.3) is 0 Å². The van der Waals surface area contributed by atoms with Crippen molar-refractivity contribution in [3.63, 3.8) is 0 Å². The Kier molecular flexibility index (Phi) is 31.2. The number of carbonyl (C=O) groups excluding carboxylic acids is 1. The smallest absolute Gasteiger partial charge is 0.394 e. The summed E-state index contributed by atoms with van der Waals surface area (Å²) in [5.74, 6) is -0.670. The molecule has 0 aromatic rings. The van der Waals surface area contributed by atoms with Crippen LogP contribution < -0.4 is 5.32 Å². The maximum atomic E-state index is 13.0. The highest BCUT2D eigenvalue weighted by Gasteiger charge is 2.48. The molecule has 8 atom stereocenters. The Morgan fingerprint density at radius 3 is 1.45 bits per heavy atom. The van der Waals surface area contributed by atoms with Gasteiger partial charge >= 0.3 is 10.4 Å². The zero-order valence-corrected chi connectivity index (χ0v) is 35.2. The zero-order chi connectivity index (χ0) is 40.7. The number of amides is 1. The van der Waals surface area contributed by atoms with Crippen LogP contribution in [0.2, 0.25) is 0 Å². The van der Waals surface area contributed by atoms with Crippen LogP contribution in [0.1, 0.15) is 194 Å². The van der Waals surface area contributed by atoms with E-state index in [1.54, 1.807) is 0 Å². The Bertz CT molecular complexity index is 1020. The lowest BCUT2D eigenvalue weighted by molar-refractivity contribution is -0.298. The summed E-state index contributed by atoms with van der Waals surface area (Å²) in [5, 5.41) is 55.1. The summed E-state index contributed by atoms with van der Waals surface area (Å²) in [6, 6.07) is -1.02. The first-order valence-corrected chi connectivity index (χ1v) is 23.4. The van der Waals surface area contributed by atoms with Crippen LogP contribution in [0.3, 0.4) is 0 Å². The number of rotatable bonds is 37. The second kappa shape index (κ2) is 33.0. The van der Waals surface area contributed by atoms with E-state index in [0.29, 0.717) is 19.3 Å². The van der Waals surface area contributed by atoms with Crippen molar-refractivity contribution in [2.45, 2.75) is 243 Å². The summed E-state index contributed by atoms with van der Waals surface area (Å²) in [6.45, 7) is 3.23. The van der Waals surface area contributed by atoms with Gasteiger partial charge in [0.1, 0.15) is 30.5 Å². The van der Waals surface area contributed by atoms with Crippen LogP contribution in [0.4, 0.5) is 0 Å². The fraction of sp³-hybridized carbons (Fsp3) is 0.976. The standard InChI is InChI=1S/C41H81NO12S/c1-3-5-7-9-11-13-14-15-16-17-18-19-20-21-22-24-26-28-30-35(45)40(48)42-33(34(44)29-27-25-23-12-10-8-6-4-2)32-52-41-38(47)39(54-55(49,50)51)37(46)36(31-43)53-41/h33-39,41,43-47H,3-32H2,1-2H3,(H,42,48)(H,49,50,51). The first-order valence-electron chi connectivity index (χ1n) is 22.0. The molecular weight excluding hydrogens is 731 g/mol. The molecule has 55 heavy (non-hydrogen) atoms. The van der Waals surface area contributed by atoms with Crippen LogP contribution in [-0.2, 0) is 28.9 Å². The van der Waals surface area contributed by atoms with Crippen LogP contribution in [-0.4, -0.2) is 107 Å². The predicted octanol–water partition coefficient (Wildman–Crippen LogP) is 6.80. The van der Waals surface area contributed by atoms with Gasteiger partial charge in [0.05, 0.1) is 25.4 Å². The molecular formula is C41H81NO12S. The molecule has 0 aromatic heterocycles. The highest BCUT2D eigenvalue weighted by Crippen LogP contribution is 2.26. The quantitative estimate of drug-likeness (QED) is 0.0255. The minimum Gasteiger partial charge on any atom is -0.394 e. The normalized spacial score (nSPS) is 22.1. The fourth-order valence-electron chi connectivity index (χ4n) is 7.23. The van der Waals surface area contributed by atoms with E-state index < -0.39 is 78.5 Å². The molecule has 1 amide bonds. The topological polar surface area (TPSA) is 212 Å². The molecule has 1 fully saturated rings. The number of hydrogen-bond donors (Lipinski definition) is 7. The maximum absolute atomic E-state index is 13.0. The van der Waals surface area contributed by atoms with Crippen molar-refractivity contribution in [1.82, 2.24) is 5.32 Å². The molecule has 0 spiro atoms. The maximum Gasteiger partial charge on any atom is 0.397 e. The number of nitrogens with one attached hydrogen (secondary N) is 1. The number of carbonyl (C=O) groups is 1. The van der Waals surface area contributed by atoms with Gasteiger partial charge in [-0.05, 0) is 12.8 Å². The largest absolute Gasteiger partial charge is 0.397 e. The summed E-state index contributed by atoms with van der Waals surface area (Å²) >= 11 is 0. The second-order valence-electron chi connectivity index (χ2n) is 15.8. The van der Waals surface area contributed by atoms with Gasteiger partial charge in [0.25, 0.3) is 0 Å². The summed E-state index contributed by atoms with van der Waals surface area (Å²) < 4.78 is 47.4. The minimum absolute atomic E-state index is 0.265. The van der Waals surface area contributed by atoms with Crippen LogP contribution in [0.5, 0.6) is 0 Å². The first-order chi connectivity index (χ1) is 26.4. The Labute approximate surface area is 333 Å². The van der Waals surface area contributed by atoms with Gasteiger partial charge in [-0.1, -0.05) is 181 Å². The minimum atomic E-state index is -5.10. The lowest BCUT2D eigenvalue weighted by Gasteiger charge is -2.41. The van der Waals surface area contributed by atoms with Gasteiger partial charge in [-0.3, -0.25) is 9.35 Å². The van der Waals surface area contributed by atoms with Gasteiger partial charge in [0.2, 0.25) is 5.91 Å². The molecule has 0 bridgehead atoms. The molecule has 1 aliphatic heterocycles. The molecule has 0 saturated carbocycles. The molecule has 0 aliphatic carbocycles. The van der Waals surface area contributed by atoms with Crippen LogP contribution in [0, 0.1) is 0 Å². The molecule has 14 heteroatoms. The fourth-order valence-corrected chi connectivity index (χ4v) is 7.74. The molecule has 7 N–H and O–H groups in total. The predicted molar refractivity (Wildman–Crippen MR) is 215 cm³/mol. The average molecular weight is 812 g/mol. The third-order valence-electron chi connectivity index (χ3n) is 10.8. The van der Waals surface area contributed by atoms with E-state index in [2.05, 4.69) is 23.3 Å². The highest BCUT2D eigenvalue weighted by atomic mass is 32.3. The van der Waals surface area contributed by atoms with E-state index in [9.17, 15) is 38.7 Å². The number of unbranched alkanes of at least 4 members (excludes halogenated alkanes) is 24. The second-order valence-corrected chi connectivity index (χ2v) is 16.8. The van der Waals surface area contributed by atoms with Gasteiger partial charge in [0, 0.05) is 0 Å². The number of aliphatic hydroxyl groups excluding tert-OH is 5. The van der Waals surface area contributed by atoms with E-state index in [-0.39, 0.29) is 6.42 Å². The third-order valence-corrected chi connectivity index (χ3v) is 11.2. The van der Waals surface area contributed by atoms with Crippen molar-refractivity contribution in [2.75, 3.05) is 13.2 Å². The lowest BCUT2D eigenvalue weighted by atomic mass is 9.99. The Hall–Kier alpha value is -0.940. The van der Waals surface area contributed by atoms with E-state index in [1.165, 1.54) is 109 Å². The molecule has 13 nitrogen and oxygen atoms in total. The number of hydrogen-bond acceptors (Lipinski definition) is 11. The monoisotopic (exact) mass is 812 g/mol. The number of ether oxygens (including phenoxy) is 2. The van der Waals surface area contributed by atoms with Gasteiger partial charge in [-0.25, -0.2) is 4.18 Å². The van der Waals surface area contributed by atoms with Crippen LogP contribution >= 0.6 is 0 Å². The molecule has 1 heterocycles. The van der Waals surface area contributed by atoms with Gasteiger partial charge in [-0.2, -0.15) is 8.42 Å². The van der Waals surface area contributed by atoms with E-state index in [0.717, 1.165) is 44.9 Å².